The topological polar surface area (TPSA) is 55.8 Å². The van der Waals surface area contributed by atoms with E-state index in [0.717, 1.165) is 65.1 Å². The van der Waals surface area contributed by atoms with Gasteiger partial charge >= 0.3 is 0 Å². The summed E-state index contributed by atoms with van der Waals surface area (Å²) in [6, 6.07) is 8.44. The van der Waals surface area contributed by atoms with E-state index in [0.29, 0.717) is 6.42 Å². The lowest BCUT2D eigenvalue weighted by Gasteiger charge is -2.42. The molecule has 1 aromatic carbocycles. The quantitative estimate of drug-likeness (QED) is 0.851. The number of fused-ring (bicyclic) bond motifs is 2. The average Bonchev–Trinajstić information content (AvgIpc) is 2.93. The van der Waals surface area contributed by atoms with Gasteiger partial charge in [0.25, 0.3) is 0 Å². The van der Waals surface area contributed by atoms with Crippen LogP contribution in [0.25, 0.3) is 0 Å². The molecule has 1 aromatic rings. The highest BCUT2D eigenvalue weighted by Crippen LogP contribution is 2.46. The van der Waals surface area contributed by atoms with Crippen molar-refractivity contribution in [1.82, 2.24) is 15.1 Å². The maximum Gasteiger partial charge on any atom is 0.223 e. The van der Waals surface area contributed by atoms with E-state index in [1.165, 1.54) is 11.1 Å². The minimum absolute atomic E-state index is 0.133. The number of nitrogens with zero attached hydrogens (tertiary/aromatic N) is 2. The van der Waals surface area contributed by atoms with Crippen molar-refractivity contribution in [2.24, 2.45) is 0 Å². The van der Waals surface area contributed by atoms with Crippen molar-refractivity contribution in [3.63, 3.8) is 0 Å². The van der Waals surface area contributed by atoms with Crippen molar-refractivity contribution in [3.8, 4) is 0 Å². The van der Waals surface area contributed by atoms with Gasteiger partial charge in [-0.05, 0) is 30.4 Å². The predicted octanol–water partition coefficient (Wildman–Crippen LogP) is 0.759. The van der Waals surface area contributed by atoms with Crippen LogP contribution in [0.5, 0.6) is 0 Å². The number of amides is 1. The van der Waals surface area contributed by atoms with Crippen molar-refractivity contribution in [2.45, 2.75) is 37.2 Å². The van der Waals surface area contributed by atoms with Crippen molar-refractivity contribution in [1.29, 1.82) is 0 Å². The number of hydrogen-bond acceptors (Lipinski definition) is 4. The van der Waals surface area contributed by atoms with E-state index in [-0.39, 0.29) is 17.4 Å². The van der Waals surface area contributed by atoms with E-state index >= 15 is 0 Å². The number of likely N-dealkylation sites (tertiary alicyclic amines) is 1. The highest BCUT2D eigenvalue weighted by molar-refractivity contribution is 5.76. The molecule has 2 fully saturated rings. The molecule has 2 N–H and O–H groups in total. The molecule has 3 aliphatic rings. The largest absolute Gasteiger partial charge is 0.392 e. The number of hydrogen-bond donors (Lipinski definition) is 2. The van der Waals surface area contributed by atoms with Crippen LogP contribution in [0, 0.1) is 0 Å². The fraction of sp³-hybridized carbons (Fsp3) is 0.650. The van der Waals surface area contributed by atoms with Crippen LogP contribution in [0.15, 0.2) is 24.3 Å². The number of nitrogens with one attached hydrogen (secondary N) is 1. The summed E-state index contributed by atoms with van der Waals surface area (Å²) in [5, 5.41) is 14.1. The summed E-state index contributed by atoms with van der Waals surface area (Å²) in [6.07, 6.45) is 2.83. The molecule has 0 bridgehead atoms. The third-order valence-electron chi connectivity index (χ3n) is 6.46. The molecule has 1 atom stereocenters. The molecule has 2 aliphatic heterocycles. The number of rotatable bonds is 3. The van der Waals surface area contributed by atoms with Crippen molar-refractivity contribution < 1.29 is 9.90 Å². The van der Waals surface area contributed by atoms with Gasteiger partial charge in [-0.1, -0.05) is 24.3 Å². The van der Waals surface area contributed by atoms with Crippen LogP contribution in [0.2, 0.25) is 0 Å². The molecule has 0 radical (unpaired) electrons. The Hall–Kier alpha value is -1.43. The van der Waals surface area contributed by atoms with E-state index in [1.54, 1.807) is 0 Å². The lowest BCUT2D eigenvalue weighted by Crippen LogP contribution is -2.50. The third-order valence-corrected chi connectivity index (χ3v) is 6.46. The standard InChI is InChI=1S/C20H29N3O2/c24-18-15-16-3-1-2-4-17(16)20(18)6-11-23(12-7-20)19(25)5-10-22-13-8-21-9-14-22/h1-4,18,21,24H,5-15H2/t18-/m1/s1. The summed E-state index contributed by atoms with van der Waals surface area (Å²) in [4.78, 5) is 17.0. The summed E-state index contributed by atoms with van der Waals surface area (Å²) in [5.74, 6) is 0.272. The summed E-state index contributed by atoms with van der Waals surface area (Å²) in [5.41, 5.74) is 2.47. The van der Waals surface area contributed by atoms with Gasteiger partial charge in [-0.3, -0.25) is 4.79 Å². The zero-order valence-electron chi connectivity index (χ0n) is 14.9. The van der Waals surface area contributed by atoms with Crippen LogP contribution in [0.1, 0.15) is 30.4 Å². The van der Waals surface area contributed by atoms with Gasteiger partial charge in [0, 0.05) is 57.6 Å². The molecule has 2 heterocycles. The highest BCUT2D eigenvalue weighted by atomic mass is 16.3. The minimum atomic E-state index is -0.303. The van der Waals surface area contributed by atoms with Gasteiger partial charge in [-0.25, -0.2) is 0 Å². The second-order valence-electron chi connectivity index (χ2n) is 7.76. The molecule has 1 aliphatic carbocycles. The molecule has 5 nitrogen and oxygen atoms in total. The molecule has 1 amide bonds. The monoisotopic (exact) mass is 343 g/mol. The molecule has 25 heavy (non-hydrogen) atoms. The van der Waals surface area contributed by atoms with Crippen molar-refractivity contribution in [3.05, 3.63) is 35.4 Å². The maximum atomic E-state index is 12.6. The second kappa shape index (κ2) is 7.06. The number of piperazine rings is 1. The number of carbonyl (C=O) groups is 1. The van der Waals surface area contributed by atoms with Gasteiger partial charge in [0.15, 0.2) is 0 Å². The van der Waals surface area contributed by atoms with Crippen molar-refractivity contribution >= 4 is 5.91 Å². The first-order valence-corrected chi connectivity index (χ1v) is 9.66. The Balaban J connectivity index is 1.34. The van der Waals surface area contributed by atoms with E-state index < -0.39 is 0 Å². The van der Waals surface area contributed by atoms with Crippen LogP contribution in [0.4, 0.5) is 0 Å². The molecule has 0 saturated carbocycles. The van der Waals surface area contributed by atoms with Gasteiger partial charge in [0.2, 0.25) is 5.91 Å². The molecule has 0 unspecified atom stereocenters. The Morgan fingerprint density at radius 2 is 1.88 bits per heavy atom. The van der Waals surface area contributed by atoms with Crippen LogP contribution in [-0.4, -0.2) is 72.7 Å². The molecule has 0 aromatic heterocycles. The fourth-order valence-corrected chi connectivity index (χ4v) is 4.87. The lowest BCUT2D eigenvalue weighted by atomic mass is 9.72. The fourth-order valence-electron chi connectivity index (χ4n) is 4.87. The summed E-state index contributed by atoms with van der Waals surface area (Å²) < 4.78 is 0. The average molecular weight is 343 g/mol. The van der Waals surface area contributed by atoms with Gasteiger partial charge in [-0.15, -0.1) is 0 Å². The molecular weight excluding hydrogens is 314 g/mol. The molecule has 2 saturated heterocycles. The van der Waals surface area contributed by atoms with E-state index in [9.17, 15) is 9.90 Å². The van der Waals surface area contributed by atoms with Crippen LogP contribution in [0.3, 0.4) is 0 Å². The molecule has 136 valence electrons. The zero-order valence-corrected chi connectivity index (χ0v) is 14.9. The number of carbonyl (C=O) groups excluding carboxylic acids is 1. The SMILES string of the molecule is O=C(CCN1CCNCC1)N1CCC2(CC1)c1ccccc1C[C@H]2O. The molecule has 4 rings (SSSR count). The first-order valence-electron chi connectivity index (χ1n) is 9.66. The molecule has 1 spiro atoms. The normalized spacial score (nSPS) is 26.0. The van der Waals surface area contributed by atoms with Crippen molar-refractivity contribution in [2.75, 3.05) is 45.8 Å². The Bertz CT molecular complexity index is 619. The number of aliphatic hydroxyl groups is 1. The van der Waals surface area contributed by atoms with Crippen LogP contribution in [-0.2, 0) is 16.6 Å². The number of piperidine rings is 1. The van der Waals surface area contributed by atoms with Crippen LogP contribution < -0.4 is 5.32 Å². The van der Waals surface area contributed by atoms with Gasteiger partial charge < -0.3 is 20.2 Å². The summed E-state index contributed by atoms with van der Waals surface area (Å²) in [7, 11) is 0. The van der Waals surface area contributed by atoms with E-state index in [2.05, 4.69) is 34.5 Å². The van der Waals surface area contributed by atoms with Gasteiger partial charge in [-0.2, -0.15) is 0 Å². The lowest BCUT2D eigenvalue weighted by molar-refractivity contribution is -0.133. The zero-order chi connectivity index (χ0) is 17.3. The molecular formula is C20H29N3O2. The minimum Gasteiger partial charge on any atom is -0.392 e. The van der Waals surface area contributed by atoms with Gasteiger partial charge in [0.1, 0.15) is 0 Å². The smallest absolute Gasteiger partial charge is 0.223 e. The maximum absolute atomic E-state index is 12.6. The first-order chi connectivity index (χ1) is 12.2. The van der Waals surface area contributed by atoms with E-state index in [4.69, 9.17) is 0 Å². The Labute approximate surface area is 150 Å². The number of aliphatic hydroxyl groups excluding tert-OH is 1. The summed E-state index contributed by atoms with van der Waals surface area (Å²) >= 11 is 0. The first kappa shape index (κ1) is 17.0. The predicted molar refractivity (Wildman–Crippen MR) is 97.6 cm³/mol. The van der Waals surface area contributed by atoms with Crippen LogP contribution >= 0.6 is 0 Å². The summed E-state index contributed by atoms with van der Waals surface area (Å²) in [6.45, 7) is 6.54. The number of benzene rings is 1. The Morgan fingerprint density at radius 1 is 1.16 bits per heavy atom. The molecule has 5 heteroatoms. The Morgan fingerprint density at radius 3 is 2.64 bits per heavy atom. The van der Waals surface area contributed by atoms with Gasteiger partial charge in [0.05, 0.1) is 6.10 Å². The second-order valence-corrected chi connectivity index (χ2v) is 7.76. The third kappa shape index (κ3) is 3.21. The highest BCUT2D eigenvalue weighted by Gasteiger charge is 2.47. The van der Waals surface area contributed by atoms with E-state index in [1.807, 2.05) is 4.90 Å². The Kier molecular flexibility index (Phi) is 4.80.